The van der Waals surface area contributed by atoms with Gasteiger partial charge in [0.05, 0.1) is 36.6 Å². The first-order chi connectivity index (χ1) is 20.0. The van der Waals surface area contributed by atoms with Gasteiger partial charge in [0, 0.05) is 11.1 Å². The number of benzene rings is 3. The smallest absolute Gasteiger partial charge is 0.338 e. The van der Waals surface area contributed by atoms with E-state index in [4.69, 9.17) is 28.7 Å². The summed E-state index contributed by atoms with van der Waals surface area (Å²) < 4.78 is 29.8. The van der Waals surface area contributed by atoms with E-state index in [-0.39, 0.29) is 24.5 Å². The van der Waals surface area contributed by atoms with Crippen molar-refractivity contribution < 1.29 is 28.5 Å². The molecule has 1 aromatic heterocycles. The Kier molecular flexibility index (Phi) is 7.07. The third-order valence-corrected chi connectivity index (χ3v) is 7.78. The molecule has 0 N–H and O–H groups in total. The molecule has 6 rings (SSSR count). The maximum atomic E-state index is 14.1. The van der Waals surface area contributed by atoms with E-state index in [9.17, 15) is 9.59 Å². The fraction of sp³-hybridized carbons (Fsp3) is 0.194. The Balaban J connectivity index is 1.66. The van der Waals surface area contributed by atoms with Gasteiger partial charge in [-0.2, -0.15) is 0 Å². The summed E-state index contributed by atoms with van der Waals surface area (Å²) in [6, 6.07) is 19.3. The number of ether oxygens (including phenoxy) is 5. The molecule has 0 amide bonds. The van der Waals surface area contributed by atoms with Gasteiger partial charge in [0.2, 0.25) is 6.79 Å². The van der Waals surface area contributed by atoms with Gasteiger partial charge in [0.15, 0.2) is 27.8 Å². The molecule has 2 aliphatic rings. The minimum Gasteiger partial charge on any atom is -0.493 e. The molecule has 1 atom stereocenters. The zero-order valence-corrected chi connectivity index (χ0v) is 23.4. The van der Waals surface area contributed by atoms with Crippen molar-refractivity contribution in [3.05, 3.63) is 109 Å². The first-order valence-corrected chi connectivity index (χ1v) is 13.7. The largest absolute Gasteiger partial charge is 0.493 e. The Bertz CT molecular complexity index is 1860. The molecular formula is C31H26N2O7S. The van der Waals surface area contributed by atoms with Crippen molar-refractivity contribution in [3.8, 4) is 23.0 Å². The average molecular weight is 571 g/mol. The van der Waals surface area contributed by atoms with Crippen LogP contribution in [0.25, 0.3) is 11.8 Å². The highest BCUT2D eigenvalue weighted by Gasteiger charge is 2.37. The number of methoxy groups -OCH3 is 2. The van der Waals surface area contributed by atoms with E-state index >= 15 is 0 Å². The number of hydrogen-bond acceptors (Lipinski definition) is 9. The van der Waals surface area contributed by atoms with Gasteiger partial charge in [-0.25, -0.2) is 9.79 Å². The van der Waals surface area contributed by atoms with Crippen molar-refractivity contribution in [2.45, 2.75) is 13.0 Å². The standard InChI is InChI=1S/C31H26N2O7S/c1-4-38-30(35)25-26(19-9-6-5-7-10-19)32-31-33(27(25)20-11-8-12-22(36-2)28(20)37-3)29(34)24(41-31)16-18-13-14-21-23(15-18)40-17-39-21/h5-16,27H,4,17H2,1-3H3/b24-16-/t27-/m0/s1. The molecule has 0 saturated heterocycles. The van der Waals surface area contributed by atoms with Crippen LogP contribution in [0.4, 0.5) is 0 Å². The van der Waals surface area contributed by atoms with Crippen molar-refractivity contribution >= 4 is 29.1 Å². The van der Waals surface area contributed by atoms with Crippen LogP contribution in [0.15, 0.2) is 82.1 Å². The van der Waals surface area contributed by atoms with E-state index in [1.54, 1.807) is 25.1 Å². The van der Waals surface area contributed by atoms with Gasteiger partial charge in [0.25, 0.3) is 5.56 Å². The van der Waals surface area contributed by atoms with Gasteiger partial charge in [-0.1, -0.05) is 59.9 Å². The quantitative estimate of drug-likeness (QED) is 0.313. The van der Waals surface area contributed by atoms with Crippen molar-refractivity contribution in [2.75, 3.05) is 27.6 Å². The summed E-state index contributed by atoms with van der Waals surface area (Å²) in [5.41, 5.74) is 2.39. The van der Waals surface area contributed by atoms with Crippen molar-refractivity contribution in [1.82, 2.24) is 4.57 Å². The van der Waals surface area contributed by atoms with E-state index in [2.05, 4.69) is 0 Å². The van der Waals surface area contributed by atoms with Crippen molar-refractivity contribution in [1.29, 1.82) is 0 Å². The predicted molar refractivity (Wildman–Crippen MR) is 153 cm³/mol. The minimum absolute atomic E-state index is 0.154. The summed E-state index contributed by atoms with van der Waals surface area (Å²) in [6.07, 6.45) is 1.78. The number of fused-ring (bicyclic) bond motifs is 2. The molecule has 0 spiro atoms. The number of esters is 1. The summed E-state index contributed by atoms with van der Waals surface area (Å²) in [4.78, 5) is 33.1. The molecule has 3 aromatic carbocycles. The van der Waals surface area contributed by atoms with Crippen LogP contribution in [0.1, 0.15) is 29.7 Å². The monoisotopic (exact) mass is 570 g/mol. The summed E-state index contributed by atoms with van der Waals surface area (Å²) in [5.74, 6) is 1.56. The Hall–Kier alpha value is -4.83. The minimum atomic E-state index is -0.899. The van der Waals surface area contributed by atoms with Crippen LogP contribution in [0, 0.1) is 0 Å². The van der Waals surface area contributed by atoms with Crippen LogP contribution in [-0.4, -0.2) is 38.2 Å². The lowest BCUT2D eigenvalue weighted by Crippen LogP contribution is -2.40. The Morgan fingerprint density at radius 2 is 1.85 bits per heavy atom. The normalized spacial score (nSPS) is 15.8. The third-order valence-electron chi connectivity index (χ3n) is 6.80. The van der Waals surface area contributed by atoms with Crippen LogP contribution < -0.4 is 33.8 Å². The van der Waals surface area contributed by atoms with Gasteiger partial charge >= 0.3 is 5.97 Å². The summed E-state index contributed by atoms with van der Waals surface area (Å²) in [7, 11) is 3.06. The zero-order chi connectivity index (χ0) is 28.5. The molecule has 0 unspecified atom stereocenters. The summed E-state index contributed by atoms with van der Waals surface area (Å²) in [6.45, 7) is 2.05. The molecular weight excluding hydrogens is 544 g/mol. The highest BCUT2D eigenvalue weighted by atomic mass is 32.1. The van der Waals surface area contributed by atoms with Gasteiger partial charge in [-0.05, 0) is 36.8 Å². The van der Waals surface area contributed by atoms with Crippen LogP contribution in [-0.2, 0) is 9.53 Å². The van der Waals surface area contributed by atoms with E-state index in [0.717, 1.165) is 11.1 Å². The first kappa shape index (κ1) is 26.4. The number of aromatic nitrogens is 1. The predicted octanol–water partition coefficient (Wildman–Crippen LogP) is 3.68. The lowest BCUT2D eigenvalue weighted by molar-refractivity contribution is -0.138. The molecule has 2 aliphatic heterocycles. The molecule has 9 nitrogen and oxygen atoms in total. The lowest BCUT2D eigenvalue weighted by Gasteiger charge is -2.27. The molecule has 0 bridgehead atoms. The second kappa shape index (κ2) is 11.0. The average Bonchev–Trinajstić information content (AvgIpc) is 3.59. The number of thiazole rings is 1. The number of carbonyl (C=O) groups is 1. The highest BCUT2D eigenvalue weighted by molar-refractivity contribution is 7.07. The molecule has 4 aromatic rings. The second-order valence-electron chi connectivity index (χ2n) is 9.13. The molecule has 0 saturated carbocycles. The maximum absolute atomic E-state index is 14.1. The Labute approximate surface area is 239 Å². The number of para-hydroxylation sites is 1. The molecule has 10 heteroatoms. The maximum Gasteiger partial charge on any atom is 0.338 e. The molecule has 41 heavy (non-hydrogen) atoms. The summed E-state index contributed by atoms with van der Waals surface area (Å²) >= 11 is 1.24. The van der Waals surface area contributed by atoms with Gasteiger partial charge in [-0.3, -0.25) is 9.36 Å². The van der Waals surface area contributed by atoms with Crippen LogP contribution >= 0.6 is 11.3 Å². The number of carbonyl (C=O) groups excluding carboxylic acids is 1. The van der Waals surface area contributed by atoms with Crippen LogP contribution in [0.3, 0.4) is 0 Å². The lowest BCUT2D eigenvalue weighted by atomic mass is 9.92. The fourth-order valence-electron chi connectivity index (χ4n) is 5.02. The first-order valence-electron chi connectivity index (χ1n) is 12.9. The molecule has 208 valence electrons. The van der Waals surface area contributed by atoms with E-state index in [1.165, 1.54) is 30.1 Å². The zero-order valence-electron chi connectivity index (χ0n) is 22.6. The molecule has 0 radical (unpaired) electrons. The van der Waals surface area contributed by atoms with Crippen molar-refractivity contribution in [2.24, 2.45) is 4.99 Å². The molecule has 3 heterocycles. The van der Waals surface area contributed by atoms with E-state index < -0.39 is 12.0 Å². The number of hydrogen-bond donors (Lipinski definition) is 0. The summed E-state index contributed by atoms with van der Waals surface area (Å²) in [5, 5.41) is 0. The van der Waals surface area contributed by atoms with Crippen molar-refractivity contribution in [3.63, 3.8) is 0 Å². The Morgan fingerprint density at radius 3 is 2.61 bits per heavy atom. The van der Waals surface area contributed by atoms with Gasteiger partial charge < -0.3 is 23.7 Å². The molecule has 0 fully saturated rings. The number of rotatable bonds is 7. The second-order valence-corrected chi connectivity index (χ2v) is 10.1. The third kappa shape index (κ3) is 4.66. The van der Waals surface area contributed by atoms with E-state index in [0.29, 0.717) is 43.6 Å². The highest BCUT2D eigenvalue weighted by Crippen LogP contribution is 2.42. The van der Waals surface area contributed by atoms with Gasteiger partial charge in [-0.15, -0.1) is 0 Å². The number of nitrogens with zero attached hydrogens (tertiary/aromatic N) is 2. The topological polar surface area (TPSA) is 97.6 Å². The SMILES string of the molecule is CCOC(=O)C1=C(c2ccccc2)N=c2s/c(=C\c3ccc4c(c3)OCO4)c(=O)n2[C@H]1c1cccc(OC)c1OC. The van der Waals surface area contributed by atoms with Crippen LogP contribution in [0.5, 0.6) is 23.0 Å². The van der Waals surface area contributed by atoms with E-state index in [1.807, 2.05) is 54.6 Å². The Morgan fingerprint density at radius 1 is 1.05 bits per heavy atom. The van der Waals surface area contributed by atoms with Gasteiger partial charge in [0.1, 0.15) is 6.04 Å². The fourth-order valence-corrected chi connectivity index (χ4v) is 6.02. The van der Waals surface area contributed by atoms with Crippen LogP contribution in [0.2, 0.25) is 0 Å². The molecule has 0 aliphatic carbocycles.